The lowest BCUT2D eigenvalue weighted by atomic mass is 10.3. The minimum atomic E-state index is -0.377. The molecule has 1 aliphatic rings. The zero-order valence-corrected chi connectivity index (χ0v) is 10.5. The summed E-state index contributed by atoms with van der Waals surface area (Å²) >= 11 is 0. The van der Waals surface area contributed by atoms with Crippen molar-refractivity contribution in [1.82, 2.24) is 10.1 Å². The van der Waals surface area contributed by atoms with Gasteiger partial charge in [-0.1, -0.05) is 23.4 Å². The van der Waals surface area contributed by atoms with Gasteiger partial charge >= 0.3 is 0 Å². The van der Waals surface area contributed by atoms with Crippen LogP contribution in [-0.2, 0) is 12.1 Å². The maximum atomic E-state index is 5.95. The molecular weight excluding hydrogens is 254 g/mol. The molecule has 1 aromatic heterocycles. The first-order valence-corrected chi connectivity index (χ1v) is 5.56. The first-order valence-electron chi connectivity index (χ1n) is 5.56. The Morgan fingerprint density at radius 2 is 2.00 bits per heavy atom. The number of halogens is 1. The lowest BCUT2D eigenvalue weighted by Crippen LogP contribution is -2.19. The van der Waals surface area contributed by atoms with Gasteiger partial charge in [-0.25, -0.2) is 0 Å². The molecule has 0 bridgehead atoms. The minimum absolute atomic E-state index is 0. The zero-order valence-electron chi connectivity index (χ0n) is 9.70. The first-order chi connectivity index (χ1) is 8.26. The Morgan fingerprint density at radius 3 is 2.67 bits per heavy atom. The normalized spacial score (nSPS) is 15.8. The van der Waals surface area contributed by atoms with Crippen molar-refractivity contribution < 1.29 is 9.26 Å². The summed E-state index contributed by atoms with van der Waals surface area (Å²) < 4.78 is 10.6. The second-order valence-electron chi connectivity index (χ2n) is 4.27. The number of nitrogens with zero attached hydrogens (tertiary/aromatic N) is 2. The van der Waals surface area contributed by atoms with Gasteiger partial charge in [0.1, 0.15) is 5.75 Å². The van der Waals surface area contributed by atoms with E-state index >= 15 is 0 Å². The van der Waals surface area contributed by atoms with Crippen molar-refractivity contribution in [2.24, 2.45) is 5.73 Å². The Bertz CT molecular complexity index is 511. The van der Waals surface area contributed by atoms with Crippen molar-refractivity contribution in [3.63, 3.8) is 0 Å². The van der Waals surface area contributed by atoms with Crippen LogP contribution in [0.1, 0.15) is 24.6 Å². The Hall–Kier alpha value is -1.59. The maximum absolute atomic E-state index is 5.95. The van der Waals surface area contributed by atoms with E-state index in [2.05, 4.69) is 10.1 Å². The highest BCUT2D eigenvalue weighted by atomic mass is 35.5. The molecule has 1 fully saturated rings. The standard InChI is InChI=1S/C12H13N3O2.ClH/c13-12(6-7-12)11-14-10(15-17-11)8-16-9-4-2-1-3-5-9;/h1-5H,6-8,13H2;1H. The molecule has 1 aliphatic carbocycles. The van der Waals surface area contributed by atoms with Gasteiger partial charge in [-0.05, 0) is 25.0 Å². The molecule has 0 unspecified atom stereocenters. The van der Waals surface area contributed by atoms with Gasteiger partial charge in [-0.15, -0.1) is 12.4 Å². The Morgan fingerprint density at radius 1 is 1.28 bits per heavy atom. The number of hydrogen-bond donors (Lipinski definition) is 1. The molecule has 0 radical (unpaired) electrons. The zero-order chi connectivity index (χ0) is 11.7. The van der Waals surface area contributed by atoms with Gasteiger partial charge in [0, 0.05) is 0 Å². The van der Waals surface area contributed by atoms with E-state index in [4.69, 9.17) is 15.0 Å². The fraction of sp³-hybridized carbons (Fsp3) is 0.333. The van der Waals surface area contributed by atoms with Gasteiger partial charge < -0.3 is 15.0 Å². The van der Waals surface area contributed by atoms with Crippen LogP contribution in [0.5, 0.6) is 5.75 Å². The van der Waals surface area contributed by atoms with Crippen LogP contribution in [0, 0.1) is 0 Å². The molecule has 6 heteroatoms. The summed E-state index contributed by atoms with van der Waals surface area (Å²) in [6.07, 6.45) is 1.82. The number of para-hydroxylation sites is 1. The molecule has 5 nitrogen and oxygen atoms in total. The van der Waals surface area contributed by atoms with E-state index in [0.717, 1.165) is 18.6 Å². The topological polar surface area (TPSA) is 74.2 Å². The third kappa shape index (κ3) is 2.63. The number of nitrogens with two attached hydrogens (primary N) is 1. The molecule has 0 saturated heterocycles. The highest BCUT2D eigenvalue weighted by Gasteiger charge is 2.45. The Labute approximate surface area is 111 Å². The molecular formula is C12H14ClN3O2. The van der Waals surface area contributed by atoms with E-state index in [1.807, 2.05) is 30.3 Å². The maximum Gasteiger partial charge on any atom is 0.246 e. The van der Waals surface area contributed by atoms with Gasteiger partial charge in [-0.3, -0.25) is 0 Å². The summed E-state index contributed by atoms with van der Waals surface area (Å²) in [7, 11) is 0. The number of hydrogen-bond acceptors (Lipinski definition) is 5. The predicted octanol–water partition coefficient (Wildman–Crippen LogP) is 2.02. The van der Waals surface area contributed by atoms with Crippen molar-refractivity contribution >= 4 is 12.4 Å². The molecule has 0 aliphatic heterocycles. The van der Waals surface area contributed by atoms with Crippen LogP contribution in [0.2, 0.25) is 0 Å². The van der Waals surface area contributed by atoms with E-state index in [-0.39, 0.29) is 17.9 Å². The molecule has 18 heavy (non-hydrogen) atoms. The fourth-order valence-corrected chi connectivity index (χ4v) is 1.53. The largest absolute Gasteiger partial charge is 0.485 e. The number of aromatic nitrogens is 2. The third-order valence-electron chi connectivity index (χ3n) is 2.79. The van der Waals surface area contributed by atoms with E-state index in [1.54, 1.807) is 0 Å². The Kier molecular flexibility index (Phi) is 3.54. The fourth-order valence-electron chi connectivity index (χ4n) is 1.53. The Balaban J connectivity index is 0.00000120. The van der Waals surface area contributed by atoms with Crippen LogP contribution in [0.4, 0.5) is 0 Å². The summed E-state index contributed by atoms with van der Waals surface area (Å²) in [6.45, 7) is 0.295. The van der Waals surface area contributed by atoms with Crippen LogP contribution >= 0.6 is 12.4 Å². The highest BCUT2D eigenvalue weighted by Crippen LogP contribution is 2.41. The van der Waals surface area contributed by atoms with Gasteiger partial charge in [0.25, 0.3) is 0 Å². The molecule has 96 valence electrons. The quantitative estimate of drug-likeness (QED) is 0.917. The average molecular weight is 268 g/mol. The number of benzene rings is 1. The van der Waals surface area contributed by atoms with Gasteiger partial charge in [0.2, 0.25) is 11.7 Å². The second kappa shape index (κ2) is 4.96. The van der Waals surface area contributed by atoms with Crippen molar-refractivity contribution in [2.45, 2.75) is 25.0 Å². The summed E-state index contributed by atoms with van der Waals surface area (Å²) in [4.78, 5) is 4.23. The summed E-state index contributed by atoms with van der Waals surface area (Å²) in [5, 5.41) is 3.85. The molecule has 2 aromatic rings. The highest BCUT2D eigenvalue weighted by molar-refractivity contribution is 5.85. The monoisotopic (exact) mass is 267 g/mol. The minimum Gasteiger partial charge on any atom is -0.485 e. The molecule has 1 saturated carbocycles. The summed E-state index contributed by atoms with van der Waals surface area (Å²) in [6, 6.07) is 9.52. The summed E-state index contributed by atoms with van der Waals surface area (Å²) in [5.74, 6) is 1.83. The van der Waals surface area contributed by atoms with Crippen LogP contribution in [0.3, 0.4) is 0 Å². The SMILES string of the molecule is Cl.NC1(c2nc(COc3ccccc3)no2)CC1. The smallest absolute Gasteiger partial charge is 0.246 e. The van der Waals surface area contributed by atoms with E-state index in [1.165, 1.54) is 0 Å². The summed E-state index contributed by atoms with van der Waals surface area (Å²) in [5.41, 5.74) is 5.57. The molecule has 1 aromatic carbocycles. The van der Waals surface area contributed by atoms with Crippen molar-refractivity contribution in [1.29, 1.82) is 0 Å². The number of ether oxygens (including phenoxy) is 1. The molecule has 2 N–H and O–H groups in total. The second-order valence-corrected chi connectivity index (χ2v) is 4.27. The molecule has 0 atom stereocenters. The predicted molar refractivity (Wildman–Crippen MR) is 67.4 cm³/mol. The third-order valence-corrected chi connectivity index (χ3v) is 2.79. The van der Waals surface area contributed by atoms with Crippen molar-refractivity contribution in [3.05, 3.63) is 42.0 Å². The van der Waals surface area contributed by atoms with Crippen molar-refractivity contribution in [3.8, 4) is 5.75 Å². The van der Waals surface area contributed by atoms with Gasteiger partial charge in [0.15, 0.2) is 6.61 Å². The van der Waals surface area contributed by atoms with E-state index in [0.29, 0.717) is 18.3 Å². The first kappa shape index (κ1) is 12.9. The van der Waals surface area contributed by atoms with Gasteiger partial charge in [-0.2, -0.15) is 4.98 Å². The average Bonchev–Trinajstić information content (AvgIpc) is 2.94. The van der Waals surface area contributed by atoms with Crippen LogP contribution in [-0.4, -0.2) is 10.1 Å². The molecule has 1 heterocycles. The van der Waals surface area contributed by atoms with Crippen molar-refractivity contribution in [2.75, 3.05) is 0 Å². The van der Waals surface area contributed by atoms with Crippen LogP contribution in [0.25, 0.3) is 0 Å². The van der Waals surface area contributed by atoms with E-state index in [9.17, 15) is 0 Å². The van der Waals surface area contributed by atoms with Crippen LogP contribution in [0.15, 0.2) is 34.9 Å². The molecule has 0 amide bonds. The van der Waals surface area contributed by atoms with E-state index < -0.39 is 0 Å². The lowest BCUT2D eigenvalue weighted by Gasteiger charge is -2.01. The van der Waals surface area contributed by atoms with Gasteiger partial charge in [0.05, 0.1) is 5.54 Å². The lowest BCUT2D eigenvalue weighted by molar-refractivity contribution is 0.283. The van der Waals surface area contributed by atoms with Crippen LogP contribution < -0.4 is 10.5 Å². The molecule has 0 spiro atoms. The number of rotatable bonds is 4. The molecule has 3 rings (SSSR count).